The van der Waals surface area contributed by atoms with Crippen molar-refractivity contribution in [3.63, 3.8) is 0 Å². The molecule has 0 atom stereocenters. The van der Waals surface area contributed by atoms with Gasteiger partial charge in [-0.1, -0.05) is 44.0 Å². The Bertz CT molecular complexity index is 703. The highest BCUT2D eigenvalue weighted by molar-refractivity contribution is 5.98. The minimum atomic E-state index is 0.0972. The number of nitriles is 2. The van der Waals surface area contributed by atoms with Crippen LogP contribution >= 0.6 is 0 Å². The molecule has 0 aromatic heterocycles. The van der Waals surface area contributed by atoms with Gasteiger partial charge in [0.25, 0.3) is 0 Å². The quantitative estimate of drug-likeness (QED) is 0.698. The molecule has 1 aliphatic carbocycles. The average Bonchev–Trinajstić information content (AvgIpc) is 2.42. The molecule has 2 heteroatoms. The first-order valence-electron chi connectivity index (χ1n) is 5.80. The molecule has 0 aliphatic heterocycles. The van der Waals surface area contributed by atoms with Crippen molar-refractivity contribution in [1.29, 1.82) is 10.5 Å². The lowest BCUT2D eigenvalue weighted by atomic mass is 9.78. The SMILES string of the molecule is C=Cc1cccc2c1C(=C)CC(=C)C2=C(C#N)C#N. The third-order valence-corrected chi connectivity index (χ3v) is 3.19. The Hall–Kier alpha value is -2.84. The van der Waals surface area contributed by atoms with Crippen molar-refractivity contribution in [1.82, 2.24) is 0 Å². The Balaban J connectivity index is 2.89. The molecule has 1 aromatic carbocycles. The first-order valence-corrected chi connectivity index (χ1v) is 5.80. The maximum absolute atomic E-state index is 9.10. The third kappa shape index (κ3) is 1.90. The van der Waals surface area contributed by atoms with Crippen LogP contribution in [0.5, 0.6) is 0 Å². The van der Waals surface area contributed by atoms with E-state index in [0.717, 1.165) is 27.8 Å². The van der Waals surface area contributed by atoms with E-state index in [0.29, 0.717) is 12.0 Å². The van der Waals surface area contributed by atoms with E-state index < -0.39 is 0 Å². The third-order valence-electron chi connectivity index (χ3n) is 3.19. The molecule has 0 spiro atoms. The lowest BCUT2D eigenvalue weighted by Gasteiger charge is -2.25. The fraction of sp³-hybridized carbons (Fsp3) is 0.0588. The summed E-state index contributed by atoms with van der Waals surface area (Å²) in [6.45, 7) is 11.8. The second-order valence-corrected chi connectivity index (χ2v) is 4.33. The van der Waals surface area contributed by atoms with Crippen molar-refractivity contribution in [3.8, 4) is 12.1 Å². The fourth-order valence-electron chi connectivity index (χ4n) is 2.42. The van der Waals surface area contributed by atoms with Gasteiger partial charge in [0.1, 0.15) is 17.7 Å². The van der Waals surface area contributed by atoms with Crippen molar-refractivity contribution < 1.29 is 0 Å². The first kappa shape index (κ1) is 12.6. The number of hydrogen-bond donors (Lipinski definition) is 0. The molecule has 2 rings (SSSR count). The zero-order valence-electron chi connectivity index (χ0n) is 10.5. The standard InChI is InChI=1S/C17H12N2/c1-4-13-6-5-7-15-16(13)11(2)8-12(3)17(15)14(9-18)10-19/h4-7H,1-3,8H2. The molecule has 19 heavy (non-hydrogen) atoms. The van der Waals surface area contributed by atoms with Crippen molar-refractivity contribution >= 4 is 17.2 Å². The molecule has 0 fully saturated rings. The normalized spacial score (nSPS) is 13.3. The maximum atomic E-state index is 9.10. The summed E-state index contributed by atoms with van der Waals surface area (Å²) in [6, 6.07) is 9.61. The number of benzene rings is 1. The lowest BCUT2D eigenvalue weighted by Crippen LogP contribution is -2.06. The highest BCUT2D eigenvalue weighted by atomic mass is 14.3. The van der Waals surface area contributed by atoms with Gasteiger partial charge in [-0.05, 0) is 34.3 Å². The van der Waals surface area contributed by atoms with Gasteiger partial charge in [0.2, 0.25) is 0 Å². The summed E-state index contributed by atoms with van der Waals surface area (Å²) >= 11 is 0. The van der Waals surface area contributed by atoms with Crippen LogP contribution in [0.25, 0.3) is 17.2 Å². The molecule has 0 N–H and O–H groups in total. The maximum Gasteiger partial charge on any atom is 0.137 e. The minimum absolute atomic E-state index is 0.0972. The summed E-state index contributed by atoms with van der Waals surface area (Å²) in [7, 11) is 0. The molecule has 0 unspecified atom stereocenters. The van der Waals surface area contributed by atoms with Crippen LogP contribution in [0.2, 0.25) is 0 Å². The summed E-state index contributed by atoms with van der Waals surface area (Å²) in [6.07, 6.45) is 2.33. The molecule has 1 aliphatic rings. The smallest absolute Gasteiger partial charge is 0.137 e. The summed E-state index contributed by atoms with van der Waals surface area (Å²) < 4.78 is 0. The van der Waals surface area contributed by atoms with E-state index in [2.05, 4.69) is 19.7 Å². The van der Waals surface area contributed by atoms with E-state index in [1.54, 1.807) is 6.08 Å². The summed E-state index contributed by atoms with van der Waals surface area (Å²) in [5.74, 6) is 0. The van der Waals surface area contributed by atoms with Crippen molar-refractivity contribution in [2.75, 3.05) is 0 Å². The molecule has 0 amide bonds. The van der Waals surface area contributed by atoms with Crippen molar-refractivity contribution in [3.05, 3.63) is 65.8 Å². The molecule has 1 aromatic rings. The fourth-order valence-corrected chi connectivity index (χ4v) is 2.42. The van der Waals surface area contributed by atoms with Crippen LogP contribution in [0, 0.1) is 22.7 Å². The zero-order chi connectivity index (χ0) is 14.0. The van der Waals surface area contributed by atoms with E-state index in [-0.39, 0.29) is 5.57 Å². The summed E-state index contributed by atoms with van der Waals surface area (Å²) in [5, 5.41) is 18.2. The number of fused-ring (bicyclic) bond motifs is 1. The van der Waals surface area contributed by atoms with Crippen LogP contribution in [0.3, 0.4) is 0 Å². The summed E-state index contributed by atoms with van der Waals surface area (Å²) in [4.78, 5) is 0. The van der Waals surface area contributed by atoms with Crippen LogP contribution in [-0.2, 0) is 0 Å². The number of rotatable bonds is 1. The van der Waals surface area contributed by atoms with Gasteiger partial charge < -0.3 is 0 Å². The number of allylic oxidation sites excluding steroid dienone is 4. The highest BCUT2D eigenvalue weighted by Crippen LogP contribution is 2.42. The van der Waals surface area contributed by atoms with E-state index in [1.807, 2.05) is 30.3 Å². The van der Waals surface area contributed by atoms with E-state index in [4.69, 9.17) is 10.5 Å². The largest absolute Gasteiger partial charge is 0.192 e. The number of hydrogen-bond acceptors (Lipinski definition) is 2. The molecule has 0 bridgehead atoms. The van der Waals surface area contributed by atoms with Crippen molar-refractivity contribution in [2.45, 2.75) is 6.42 Å². The van der Waals surface area contributed by atoms with Gasteiger partial charge in [-0.2, -0.15) is 10.5 Å². The Kier molecular flexibility index (Phi) is 3.19. The van der Waals surface area contributed by atoms with Gasteiger partial charge >= 0.3 is 0 Å². The molecule has 0 heterocycles. The van der Waals surface area contributed by atoms with Crippen LogP contribution in [0.4, 0.5) is 0 Å². The van der Waals surface area contributed by atoms with Crippen molar-refractivity contribution in [2.24, 2.45) is 0 Å². The van der Waals surface area contributed by atoms with Gasteiger partial charge in [-0.3, -0.25) is 0 Å². The summed E-state index contributed by atoms with van der Waals surface area (Å²) in [5.41, 5.74) is 5.20. The topological polar surface area (TPSA) is 47.6 Å². The highest BCUT2D eigenvalue weighted by Gasteiger charge is 2.24. The zero-order valence-corrected chi connectivity index (χ0v) is 10.5. The van der Waals surface area contributed by atoms with Crippen LogP contribution in [0.15, 0.2) is 49.1 Å². The molecular weight excluding hydrogens is 232 g/mol. The molecule has 90 valence electrons. The Morgan fingerprint density at radius 1 is 1.16 bits per heavy atom. The average molecular weight is 244 g/mol. The van der Waals surface area contributed by atoms with E-state index in [9.17, 15) is 0 Å². The minimum Gasteiger partial charge on any atom is -0.192 e. The Morgan fingerprint density at radius 3 is 2.42 bits per heavy atom. The van der Waals surface area contributed by atoms with Gasteiger partial charge in [0, 0.05) is 5.57 Å². The van der Waals surface area contributed by atoms with E-state index >= 15 is 0 Å². The lowest BCUT2D eigenvalue weighted by molar-refractivity contribution is 1.25. The monoisotopic (exact) mass is 244 g/mol. The molecule has 0 saturated heterocycles. The van der Waals surface area contributed by atoms with Crippen LogP contribution < -0.4 is 0 Å². The van der Waals surface area contributed by atoms with Gasteiger partial charge in [0.15, 0.2) is 0 Å². The van der Waals surface area contributed by atoms with E-state index in [1.165, 1.54) is 0 Å². The molecule has 2 nitrogen and oxygen atoms in total. The van der Waals surface area contributed by atoms with Crippen LogP contribution in [-0.4, -0.2) is 0 Å². The Labute approximate surface area is 112 Å². The van der Waals surface area contributed by atoms with Gasteiger partial charge in [-0.15, -0.1) is 0 Å². The predicted octanol–water partition coefficient (Wildman–Crippen LogP) is 4.10. The van der Waals surface area contributed by atoms with Gasteiger partial charge in [0.05, 0.1) is 0 Å². The molecule has 0 radical (unpaired) electrons. The van der Waals surface area contributed by atoms with Gasteiger partial charge in [-0.25, -0.2) is 0 Å². The Morgan fingerprint density at radius 2 is 1.84 bits per heavy atom. The first-order chi connectivity index (χ1) is 9.13. The second kappa shape index (κ2) is 4.80. The predicted molar refractivity (Wildman–Crippen MR) is 77.5 cm³/mol. The molecule has 0 saturated carbocycles. The molecular formula is C17H12N2. The van der Waals surface area contributed by atoms with Crippen LogP contribution in [0.1, 0.15) is 23.1 Å². The number of nitrogens with zero attached hydrogens (tertiary/aromatic N) is 2. The second-order valence-electron chi connectivity index (χ2n) is 4.33.